The van der Waals surface area contributed by atoms with Crippen LogP contribution < -0.4 is 10.6 Å². The van der Waals surface area contributed by atoms with Gasteiger partial charge in [0.1, 0.15) is 11.6 Å². The van der Waals surface area contributed by atoms with Gasteiger partial charge in [0.15, 0.2) is 5.82 Å². The minimum Gasteiger partial charge on any atom is -0.362 e. The zero-order valence-corrected chi connectivity index (χ0v) is 15.2. The van der Waals surface area contributed by atoms with E-state index in [1.807, 2.05) is 6.92 Å². The number of aryl methyl sites for hydroxylation is 1. The minimum absolute atomic E-state index is 0.00436. The molecular weight excluding hydrogens is 375 g/mol. The van der Waals surface area contributed by atoms with Crippen LogP contribution in [-0.4, -0.2) is 20.1 Å². The number of hydrogen-bond acceptors (Lipinski definition) is 6. The number of H-pyrrole nitrogens is 1. The van der Waals surface area contributed by atoms with Crippen LogP contribution in [0.4, 0.5) is 27.5 Å². The summed E-state index contributed by atoms with van der Waals surface area (Å²) in [7, 11) is 0. The van der Waals surface area contributed by atoms with Crippen LogP contribution in [-0.2, 0) is 0 Å². The van der Waals surface area contributed by atoms with E-state index in [4.69, 9.17) is 11.6 Å². The van der Waals surface area contributed by atoms with Gasteiger partial charge in [-0.25, -0.2) is 9.37 Å². The van der Waals surface area contributed by atoms with Gasteiger partial charge in [-0.05, 0) is 31.5 Å². The van der Waals surface area contributed by atoms with Gasteiger partial charge in [0, 0.05) is 23.9 Å². The van der Waals surface area contributed by atoms with E-state index in [9.17, 15) is 14.5 Å². The average Bonchev–Trinajstić information content (AvgIpc) is 3.02. The summed E-state index contributed by atoms with van der Waals surface area (Å²) in [4.78, 5) is 15.0. The van der Waals surface area contributed by atoms with Crippen molar-refractivity contribution in [3.05, 3.63) is 68.6 Å². The first kappa shape index (κ1) is 18.6. The Bertz CT molecular complexity index is 976. The van der Waals surface area contributed by atoms with Crippen molar-refractivity contribution in [3.8, 4) is 0 Å². The SMILES string of the molecule is Cc1cc(Nc2nc(N[C@H](C)c3ccc(F)cc3)c(Cl)cc2[N+](=O)[O-])n[nH]1. The zero-order chi connectivity index (χ0) is 19.6. The monoisotopic (exact) mass is 390 g/mol. The Balaban J connectivity index is 1.91. The summed E-state index contributed by atoms with van der Waals surface area (Å²) < 4.78 is 13.1. The van der Waals surface area contributed by atoms with Crippen LogP contribution in [0.2, 0.25) is 5.02 Å². The largest absolute Gasteiger partial charge is 0.362 e. The van der Waals surface area contributed by atoms with E-state index in [0.29, 0.717) is 5.82 Å². The highest BCUT2D eigenvalue weighted by atomic mass is 35.5. The summed E-state index contributed by atoms with van der Waals surface area (Å²) in [6.45, 7) is 3.65. The van der Waals surface area contributed by atoms with Crippen LogP contribution in [0.15, 0.2) is 36.4 Å². The molecule has 0 saturated heterocycles. The molecule has 2 aromatic heterocycles. The quantitative estimate of drug-likeness (QED) is 0.414. The van der Waals surface area contributed by atoms with Crippen molar-refractivity contribution in [2.45, 2.75) is 19.9 Å². The molecule has 3 rings (SSSR count). The second-order valence-corrected chi connectivity index (χ2v) is 6.33. The van der Waals surface area contributed by atoms with E-state index in [-0.39, 0.29) is 34.2 Å². The van der Waals surface area contributed by atoms with E-state index in [2.05, 4.69) is 25.8 Å². The van der Waals surface area contributed by atoms with Crippen LogP contribution in [0.25, 0.3) is 0 Å². The van der Waals surface area contributed by atoms with Gasteiger partial charge in [-0.2, -0.15) is 5.10 Å². The number of benzene rings is 1. The zero-order valence-electron chi connectivity index (χ0n) is 14.5. The highest BCUT2D eigenvalue weighted by Crippen LogP contribution is 2.34. The van der Waals surface area contributed by atoms with E-state index in [1.54, 1.807) is 25.1 Å². The summed E-state index contributed by atoms with van der Waals surface area (Å²) in [5.74, 6) is 0.319. The van der Waals surface area contributed by atoms with Crippen molar-refractivity contribution in [2.24, 2.45) is 0 Å². The standard InChI is InChI=1S/C17H16ClFN6O2/c1-9-7-15(24-23-9)21-17-14(25(26)27)8-13(18)16(22-17)20-10(2)11-3-5-12(19)6-4-11/h3-8,10H,1-2H3,(H3,20,21,22,23,24)/t10-/m1/s1. The highest BCUT2D eigenvalue weighted by Gasteiger charge is 2.21. The van der Waals surface area contributed by atoms with Gasteiger partial charge in [0.05, 0.1) is 9.95 Å². The van der Waals surface area contributed by atoms with Gasteiger partial charge in [-0.1, -0.05) is 23.7 Å². The smallest absolute Gasteiger partial charge is 0.313 e. The summed E-state index contributed by atoms with van der Waals surface area (Å²) in [6.07, 6.45) is 0. The molecule has 8 nitrogen and oxygen atoms in total. The second-order valence-electron chi connectivity index (χ2n) is 5.92. The molecule has 0 aliphatic rings. The normalized spacial score (nSPS) is 11.9. The molecule has 0 amide bonds. The molecule has 140 valence electrons. The number of aromatic nitrogens is 3. The molecule has 1 atom stereocenters. The third-order valence-electron chi connectivity index (χ3n) is 3.83. The topological polar surface area (TPSA) is 109 Å². The summed E-state index contributed by atoms with van der Waals surface area (Å²) in [5, 5.41) is 24.1. The lowest BCUT2D eigenvalue weighted by molar-refractivity contribution is -0.384. The number of hydrogen-bond donors (Lipinski definition) is 3. The van der Waals surface area contributed by atoms with Crippen molar-refractivity contribution in [2.75, 3.05) is 10.6 Å². The first-order valence-corrected chi connectivity index (χ1v) is 8.37. The maximum atomic E-state index is 13.1. The molecule has 3 N–H and O–H groups in total. The third kappa shape index (κ3) is 4.32. The highest BCUT2D eigenvalue weighted by molar-refractivity contribution is 6.33. The maximum absolute atomic E-state index is 13.1. The molecule has 0 fully saturated rings. The molecule has 3 aromatic rings. The molecule has 2 heterocycles. The molecule has 27 heavy (non-hydrogen) atoms. The molecule has 0 bridgehead atoms. The number of pyridine rings is 1. The number of rotatable bonds is 6. The Morgan fingerprint density at radius 3 is 2.56 bits per heavy atom. The lowest BCUT2D eigenvalue weighted by Crippen LogP contribution is -2.10. The Hall–Kier alpha value is -3.20. The Morgan fingerprint density at radius 2 is 1.96 bits per heavy atom. The maximum Gasteiger partial charge on any atom is 0.313 e. The Labute approximate surface area is 158 Å². The minimum atomic E-state index is -0.575. The van der Waals surface area contributed by atoms with Crippen molar-refractivity contribution in [1.82, 2.24) is 15.2 Å². The first-order valence-electron chi connectivity index (χ1n) is 7.99. The van der Waals surface area contributed by atoms with Crippen LogP contribution in [0, 0.1) is 22.9 Å². The molecule has 10 heteroatoms. The lowest BCUT2D eigenvalue weighted by atomic mass is 10.1. The van der Waals surface area contributed by atoms with Crippen molar-refractivity contribution in [1.29, 1.82) is 0 Å². The molecule has 0 unspecified atom stereocenters. The van der Waals surface area contributed by atoms with Crippen LogP contribution in [0.5, 0.6) is 0 Å². The van der Waals surface area contributed by atoms with Gasteiger partial charge in [0.2, 0.25) is 5.82 Å². The van der Waals surface area contributed by atoms with Crippen molar-refractivity contribution < 1.29 is 9.31 Å². The molecule has 1 aromatic carbocycles. The number of aromatic amines is 1. The Kier molecular flexibility index (Phi) is 5.22. The summed E-state index contributed by atoms with van der Waals surface area (Å²) in [5.41, 5.74) is 1.32. The van der Waals surface area contributed by atoms with E-state index in [0.717, 1.165) is 11.3 Å². The third-order valence-corrected chi connectivity index (χ3v) is 4.12. The van der Waals surface area contributed by atoms with E-state index < -0.39 is 4.92 Å². The number of anilines is 3. The van der Waals surface area contributed by atoms with E-state index >= 15 is 0 Å². The van der Waals surface area contributed by atoms with Gasteiger partial charge in [-0.15, -0.1) is 0 Å². The fraction of sp³-hybridized carbons (Fsp3) is 0.176. The fourth-order valence-electron chi connectivity index (χ4n) is 2.45. The summed E-state index contributed by atoms with van der Waals surface area (Å²) in [6, 6.07) is 8.63. The van der Waals surface area contributed by atoms with Gasteiger partial charge in [-0.3, -0.25) is 15.2 Å². The fourth-order valence-corrected chi connectivity index (χ4v) is 2.66. The van der Waals surface area contributed by atoms with Crippen LogP contribution in [0.1, 0.15) is 24.2 Å². The lowest BCUT2D eigenvalue weighted by Gasteiger charge is -2.17. The first-order chi connectivity index (χ1) is 12.8. The molecule has 0 aliphatic heterocycles. The molecule has 0 saturated carbocycles. The van der Waals surface area contributed by atoms with Crippen LogP contribution in [0.3, 0.4) is 0 Å². The predicted molar refractivity (Wildman–Crippen MR) is 101 cm³/mol. The van der Waals surface area contributed by atoms with Crippen molar-refractivity contribution in [3.63, 3.8) is 0 Å². The summed E-state index contributed by atoms with van der Waals surface area (Å²) >= 11 is 6.17. The molecule has 0 aliphatic carbocycles. The van der Waals surface area contributed by atoms with Gasteiger partial charge >= 0.3 is 5.69 Å². The Morgan fingerprint density at radius 1 is 1.26 bits per heavy atom. The van der Waals surface area contributed by atoms with Gasteiger partial charge in [0.25, 0.3) is 0 Å². The predicted octanol–water partition coefficient (Wildman–Crippen LogP) is 4.73. The van der Waals surface area contributed by atoms with Crippen LogP contribution >= 0.6 is 11.6 Å². The van der Waals surface area contributed by atoms with Gasteiger partial charge < -0.3 is 10.6 Å². The number of nitrogens with zero attached hydrogens (tertiary/aromatic N) is 3. The second kappa shape index (κ2) is 7.58. The number of halogens is 2. The average molecular weight is 391 g/mol. The molecular formula is C17H16ClFN6O2. The van der Waals surface area contributed by atoms with Crippen molar-refractivity contribution >= 4 is 34.7 Å². The molecule has 0 spiro atoms. The molecule has 0 radical (unpaired) electrons. The van der Waals surface area contributed by atoms with E-state index in [1.165, 1.54) is 18.2 Å². The number of nitrogens with one attached hydrogen (secondary N) is 3. The number of nitro groups is 1.